The van der Waals surface area contributed by atoms with E-state index in [2.05, 4.69) is 78.3 Å². The van der Waals surface area contributed by atoms with Crippen molar-refractivity contribution in [1.82, 2.24) is 9.97 Å². The Bertz CT molecular complexity index is 1020. The second-order valence-corrected chi connectivity index (χ2v) is 8.57. The third-order valence-corrected chi connectivity index (χ3v) is 6.47. The molecule has 1 aromatic carbocycles. The van der Waals surface area contributed by atoms with Gasteiger partial charge in [0.25, 0.3) is 0 Å². The Labute approximate surface area is 204 Å². The summed E-state index contributed by atoms with van der Waals surface area (Å²) in [6, 6.07) is 8.35. The van der Waals surface area contributed by atoms with Gasteiger partial charge in [-0.3, -0.25) is 4.79 Å². The number of benzene rings is 1. The number of rotatable bonds is 13. The number of hydrogen-bond donors (Lipinski definition) is 1. The molecule has 0 saturated carbocycles. The molecule has 6 heteroatoms. The summed E-state index contributed by atoms with van der Waals surface area (Å²) in [5.41, 5.74) is 4.04. The molecular formula is C28H37N5O. The lowest BCUT2D eigenvalue weighted by atomic mass is 9.95. The van der Waals surface area contributed by atoms with Crippen LogP contribution in [0.2, 0.25) is 0 Å². The van der Waals surface area contributed by atoms with Crippen molar-refractivity contribution < 1.29 is 4.79 Å². The van der Waals surface area contributed by atoms with Crippen LogP contribution in [0.4, 0.5) is 23.1 Å². The summed E-state index contributed by atoms with van der Waals surface area (Å²) in [5, 5.41) is 3.34. The highest BCUT2D eigenvalue weighted by Gasteiger charge is 2.20. The SMILES string of the molecule is C=CC(=O)CCC(CC)CCN1C(=C)C=Cc2cnc(Nc3ccc(N(CC)CC)cc3)nc21. The van der Waals surface area contributed by atoms with Crippen molar-refractivity contribution in [2.75, 3.05) is 34.8 Å². The van der Waals surface area contributed by atoms with Gasteiger partial charge in [0, 0.05) is 54.9 Å². The highest BCUT2D eigenvalue weighted by molar-refractivity contribution is 5.88. The zero-order valence-corrected chi connectivity index (χ0v) is 20.8. The van der Waals surface area contributed by atoms with Crippen LogP contribution in [0, 0.1) is 5.92 Å². The van der Waals surface area contributed by atoms with Gasteiger partial charge in [0.2, 0.25) is 5.95 Å². The number of carbonyl (C=O) groups is 1. The smallest absolute Gasteiger partial charge is 0.229 e. The summed E-state index contributed by atoms with van der Waals surface area (Å²) in [5.74, 6) is 2.00. The van der Waals surface area contributed by atoms with E-state index >= 15 is 0 Å². The molecule has 1 aliphatic rings. The molecule has 0 radical (unpaired) electrons. The number of nitrogens with zero attached hydrogens (tertiary/aromatic N) is 4. The molecule has 2 aromatic rings. The first-order valence-electron chi connectivity index (χ1n) is 12.3. The average molecular weight is 460 g/mol. The van der Waals surface area contributed by atoms with Gasteiger partial charge < -0.3 is 15.1 Å². The average Bonchev–Trinajstić information content (AvgIpc) is 2.86. The van der Waals surface area contributed by atoms with Crippen molar-refractivity contribution in [1.29, 1.82) is 0 Å². The van der Waals surface area contributed by atoms with E-state index in [9.17, 15) is 4.79 Å². The number of anilines is 4. The van der Waals surface area contributed by atoms with E-state index in [0.717, 1.165) is 61.7 Å². The van der Waals surface area contributed by atoms with Crippen molar-refractivity contribution in [3.8, 4) is 0 Å². The minimum atomic E-state index is 0.114. The summed E-state index contributed by atoms with van der Waals surface area (Å²) in [4.78, 5) is 25.5. The van der Waals surface area contributed by atoms with Gasteiger partial charge >= 0.3 is 0 Å². The van der Waals surface area contributed by atoms with Crippen LogP contribution in [0.3, 0.4) is 0 Å². The van der Waals surface area contributed by atoms with Gasteiger partial charge in [0.15, 0.2) is 5.78 Å². The van der Waals surface area contributed by atoms with Gasteiger partial charge in [-0.05, 0) is 75.1 Å². The summed E-state index contributed by atoms with van der Waals surface area (Å²) < 4.78 is 0. The molecule has 1 atom stereocenters. The molecule has 6 nitrogen and oxygen atoms in total. The quantitative estimate of drug-likeness (QED) is 0.351. The van der Waals surface area contributed by atoms with Crippen LogP contribution in [0.25, 0.3) is 6.08 Å². The third kappa shape index (κ3) is 6.34. The number of aromatic nitrogens is 2. The predicted octanol–water partition coefficient (Wildman–Crippen LogP) is 6.36. The van der Waals surface area contributed by atoms with Gasteiger partial charge in [-0.1, -0.05) is 26.5 Å². The van der Waals surface area contributed by atoms with Crippen molar-refractivity contribution in [2.45, 2.75) is 46.5 Å². The van der Waals surface area contributed by atoms with Gasteiger partial charge in [-0.2, -0.15) is 4.98 Å². The summed E-state index contributed by atoms with van der Waals surface area (Å²) in [6.45, 7) is 17.1. The molecule has 1 unspecified atom stereocenters. The molecule has 34 heavy (non-hydrogen) atoms. The Balaban J connectivity index is 1.71. The Morgan fingerprint density at radius 2 is 1.88 bits per heavy atom. The maximum atomic E-state index is 11.6. The van der Waals surface area contributed by atoms with E-state index in [-0.39, 0.29) is 5.78 Å². The molecule has 180 valence electrons. The maximum absolute atomic E-state index is 11.6. The Kier molecular flexibility index (Phi) is 9.02. The maximum Gasteiger partial charge on any atom is 0.229 e. The third-order valence-electron chi connectivity index (χ3n) is 6.47. The zero-order chi connectivity index (χ0) is 24.5. The topological polar surface area (TPSA) is 61.4 Å². The molecular weight excluding hydrogens is 422 g/mol. The van der Waals surface area contributed by atoms with E-state index in [1.54, 1.807) is 0 Å². The van der Waals surface area contributed by atoms with E-state index in [0.29, 0.717) is 18.3 Å². The standard InChI is InChI=1S/C28H37N5O/c1-6-22(11-17-26(34)7-2)18-19-33-21(5)10-12-23-20-29-28(31-27(23)33)30-24-13-15-25(16-14-24)32(8-3)9-4/h7,10,12-16,20,22H,2,5-6,8-9,11,17-19H2,1,3-4H3,(H,29,30,31). The van der Waals surface area contributed by atoms with E-state index in [1.165, 1.54) is 11.8 Å². The van der Waals surface area contributed by atoms with Crippen LogP contribution in [0.5, 0.6) is 0 Å². The molecule has 0 spiro atoms. The van der Waals surface area contributed by atoms with Gasteiger partial charge in [0.05, 0.1) is 0 Å². The fourth-order valence-corrected chi connectivity index (χ4v) is 4.22. The molecule has 0 aliphatic carbocycles. The van der Waals surface area contributed by atoms with Crippen molar-refractivity contribution in [3.05, 3.63) is 67.0 Å². The van der Waals surface area contributed by atoms with Gasteiger partial charge in [-0.25, -0.2) is 4.98 Å². The lowest BCUT2D eigenvalue weighted by Crippen LogP contribution is -2.28. The van der Waals surface area contributed by atoms with Crippen LogP contribution >= 0.6 is 0 Å². The highest BCUT2D eigenvalue weighted by Crippen LogP contribution is 2.31. The first-order chi connectivity index (χ1) is 16.5. The first-order valence-corrected chi connectivity index (χ1v) is 12.3. The first kappa shape index (κ1) is 25.2. The lowest BCUT2D eigenvalue weighted by molar-refractivity contribution is -0.114. The lowest BCUT2D eigenvalue weighted by Gasteiger charge is -2.30. The molecule has 1 N–H and O–H groups in total. The van der Waals surface area contributed by atoms with Crippen LogP contribution < -0.4 is 15.1 Å². The zero-order valence-electron chi connectivity index (χ0n) is 20.8. The molecule has 2 heterocycles. The fraction of sp³-hybridized carbons (Fsp3) is 0.393. The number of fused-ring (bicyclic) bond motifs is 1. The number of nitrogens with one attached hydrogen (secondary N) is 1. The molecule has 0 fully saturated rings. The summed E-state index contributed by atoms with van der Waals surface area (Å²) in [6.07, 6.45) is 10.7. The Morgan fingerprint density at radius 3 is 2.53 bits per heavy atom. The predicted molar refractivity (Wildman–Crippen MR) is 144 cm³/mol. The van der Waals surface area contributed by atoms with Crippen molar-refractivity contribution in [3.63, 3.8) is 0 Å². The van der Waals surface area contributed by atoms with E-state index in [1.807, 2.05) is 18.3 Å². The van der Waals surface area contributed by atoms with Crippen LogP contribution in [0.1, 0.15) is 52.0 Å². The number of carbonyl (C=O) groups excluding carboxylic acids is 1. The molecule has 0 amide bonds. The summed E-state index contributed by atoms with van der Waals surface area (Å²) in [7, 11) is 0. The highest BCUT2D eigenvalue weighted by atomic mass is 16.1. The fourth-order valence-electron chi connectivity index (χ4n) is 4.22. The number of allylic oxidation sites excluding steroid dienone is 2. The molecule has 0 saturated heterocycles. The molecule has 0 bridgehead atoms. The van der Waals surface area contributed by atoms with Crippen LogP contribution in [-0.4, -0.2) is 35.4 Å². The Morgan fingerprint density at radius 1 is 1.15 bits per heavy atom. The minimum Gasteiger partial charge on any atom is -0.372 e. The normalized spacial score (nSPS) is 13.4. The molecule has 3 rings (SSSR count). The molecule has 1 aromatic heterocycles. The second-order valence-electron chi connectivity index (χ2n) is 8.57. The van der Waals surface area contributed by atoms with Gasteiger partial charge in [-0.15, -0.1) is 0 Å². The Hall–Kier alpha value is -3.41. The molecule has 1 aliphatic heterocycles. The van der Waals surface area contributed by atoms with Crippen LogP contribution in [0.15, 0.2) is 61.5 Å². The van der Waals surface area contributed by atoms with E-state index < -0.39 is 0 Å². The van der Waals surface area contributed by atoms with Crippen molar-refractivity contribution in [2.24, 2.45) is 5.92 Å². The second kappa shape index (κ2) is 12.2. The summed E-state index contributed by atoms with van der Waals surface area (Å²) >= 11 is 0. The number of ketones is 1. The number of hydrogen-bond acceptors (Lipinski definition) is 6. The largest absolute Gasteiger partial charge is 0.372 e. The van der Waals surface area contributed by atoms with Gasteiger partial charge in [0.1, 0.15) is 5.82 Å². The van der Waals surface area contributed by atoms with Crippen LogP contribution in [-0.2, 0) is 4.79 Å². The van der Waals surface area contributed by atoms with Crippen molar-refractivity contribution >= 4 is 35.0 Å². The monoisotopic (exact) mass is 459 g/mol. The minimum absolute atomic E-state index is 0.114. The van der Waals surface area contributed by atoms with E-state index in [4.69, 9.17) is 4.98 Å².